The van der Waals surface area contributed by atoms with Gasteiger partial charge in [0, 0.05) is 32.7 Å². The van der Waals surface area contributed by atoms with Crippen LogP contribution in [0.15, 0.2) is 0 Å². The normalized spacial score (nSPS) is 21.2. The summed E-state index contributed by atoms with van der Waals surface area (Å²) in [6, 6.07) is 0. The van der Waals surface area contributed by atoms with Crippen LogP contribution in [-0.2, 0) is 14.3 Å². The number of carbonyl (C=O) groups excluding carboxylic acids is 2. The van der Waals surface area contributed by atoms with Gasteiger partial charge in [-0.15, -0.1) is 0 Å². The van der Waals surface area contributed by atoms with E-state index in [0.717, 1.165) is 39.3 Å². The van der Waals surface area contributed by atoms with Gasteiger partial charge in [-0.3, -0.25) is 14.5 Å². The fraction of sp³-hybridized carbons (Fsp3) is 0.857. The number of rotatable bonds is 7. The largest absolute Gasteiger partial charge is 0.379 e. The van der Waals surface area contributed by atoms with E-state index >= 15 is 0 Å². The summed E-state index contributed by atoms with van der Waals surface area (Å²) >= 11 is 0. The third kappa shape index (κ3) is 3.70. The van der Waals surface area contributed by atoms with Gasteiger partial charge >= 0.3 is 0 Å². The third-order valence-corrected chi connectivity index (χ3v) is 3.97. The molecule has 2 rings (SSSR count). The van der Waals surface area contributed by atoms with Crippen molar-refractivity contribution >= 4 is 11.8 Å². The van der Waals surface area contributed by atoms with Crippen LogP contribution in [0.1, 0.15) is 26.2 Å². The van der Waals surface area contributed by atoms with E-state index in [1.54, 1.807) is 0 Å². The molecule has 2 amide bonds. The Morgan fingerprint density at radius 2 is 1.70 bits per heavy atom. The highest BCUT2D eigenvalue weighted by atomic mass is 16.5. The van der Waals surface area contributed by atoms with E-state index in [1.165, 1.54) is 0 Å². The lowest BCUT2D eigenvalue weighted by atomic mass is 10.1. The summed E-state index contributed by atoms with van der Waals surface area (Å²) in [6.45, 7) is 7.41. The Labute approximate surface area is 120 Å². The van der Waals surface area contributed by atoms with E-state index in [4.69, 9.17) is 4.74 Å². The van der Waals surface area contributed by atoms with E-state index in [-0.39, 0.29) is 11.8 Å². The smallest absolute Gasteiger partial charge is 0.235 e. The highest BCUT2D eigenvalue weighted by Gasteiger charge is 2.56. The van der Waals surface area contributed by atoms with Gasteiger partial charge in [-0.25, -0.2) is 0 Å². The van der Waals surface area contributed by atoms with Crippen molar-refractivity contribution in [1.82, 2.24) is 15.5 Å². The van der Waals surface area contributed by atoms with Gasteiger partial charge in [0.2, 0.25) is 11.8 Å². The molecule has 0 aromatic carbocycles. The van der Waals surface area contributed by atoms with Crippen molar-refractivity contribution in [2.24, 2.45) is 5.41 Å². The lowest BCUT2D eigenvalue weighted by molar-refractivity contribution is -0.137. The summed E-state index contributed by atoms with van der Waals surface area (Å²) in [7, 11) is 0. The third-order valence-electron chi connectivity index (χ3n) is 3.97. The molecule has 0 aromatic heterocycles. The molecule has 0 atom stereocenters. The molecule has 0 aromatic rings. The Bertz CT molecular complexity index is 350. The number of carbonyl (C=O) groups is 2. The van der Waals surface area contributed by atoms with E-state index in [1.807, 2.05) is 6.92 Å². The molecule has 2 N–H and O–H groups in total. The van der Waals surface area contributed by atoms with Gasteiger partial charge in [0.15, 0.2) is 0 Å². The van der Waals surface area contributed by atoms with Crippen molar-refractivity contribution in [2.45, 2.75) is 26.2 Å². The molecule has 2 aliphatic rings. The molecule has 1 saturated heterocycles. The molecule has 1 aliphatic heterocycles. The average Bonchev–Trinajstić information content (AvgIpc) is 3.27. The Balaban J connectivity index is 1.69. The monoisotopic (exact) mass is 283 g/mol. The fourth-order valence-corrected chi connectivity index (χ4v) is 2.41. The molecule has 0 bridgehead atoms. The van der Waals surface area contributed by atoms with E-state index in [0.29, 0.717) is 25.9 Å². The second kappa shape index (κ2) is 7.04. The van der Waals surface area contributed by atoms with E-state index < -0.39 is 5.41 Å². The molecule has 1 heterocycles. The first kappa shape index (κ1) is 15.3. The Morgan fingerprint density at radius 1 is 1.10 bits per heavy atom. The first-order chi connectivity index (χ1) is 9.69. The van der Waals surface area contributed by atoms with Crippen LogP contribution in [-0.4, -0.2) is 62.7 Å². The SMILES string of the molecule is CCCNC(=O)C1(C(=O)NCCN2CCOCC2)CC1. The first-order valence-corrected chi connectivity index (χ1v) is 7.56. The van der Waals surface area contributed by atoms with Crippen LogP contribution in [0.5, 0.6) is 0 Å². The Hall–Kier alpha value is -1.14. The molecule has 20 heavy (non-hydrogen) atoms. The molecule has 1 saturated carbocycles. The maximum absolute atomic E-state index is 12.2. The zero-order valence-electron chi connectivity index (χ0n) is 12.2. The van der Waals surface area contributed by atoms with Crippen molar-refractivity contribution < 1.29 is 14.3 Å². The number of amides is 2. The highest BCUT2D eigenvalue weighted by molar-refractivity contribution is 6.07. The number of morpholine rings is 1. The second-order valence-electron chi connectivity index (χ2n) is 5.55. The van der Waals surface area contributed by atoms with E-state index in [2.05, 4.69) is 15.5 Å². The van der Waals surface area contributed by atoms with Crippen molar-refractivity contribution in [1.29, 1.82) is 0 Å². The van der Waals surface area contributed by atoms with Gasteiger partial charge in [0.05, 0.1) is 13.2 Å². The molecule has 1 aliphatic carbocycles. The standard InChI is InChI=1S/C14H25N3O3/c1-2-5-15-12(18)14(3-4-14)13(19)16-6-7-17-8-10-20-11-9-17/h2-11H2,1H3,(H,15,18)(H,16,19). The number of hydrogen-bond donors (Lipinski definition) is 2. The zero-order valence-corrected chi connectivity index (χ0v) is 12.2. The maximum atomic E-state index is 12.2. The minimum Gasteiger partial charge on any atom is -0.379 e. The van der Waals surface area contributed by atoms with Gasteiger partial charge in [-0.1, -0.05) is 6.92 Å². The van der Waals surface area contributed by atoms with Gasteiger partial charge < -0.3 is 15.4 Å². The van der Waals surface area contributed by atoms with Crippen molar-refractivity contribution in [3.63, 3.8) is 0 Å². The number of nitrogens with one attached hydrogen (secondary N) is 2. The predicted octanol–water partition coefficient (Wildman–Crippen LogP) is -0.259. The topological polar surface area (TPSA) is 70.7 Å². The number of nitrogens with zero attached hydrogens (tertiary/aromatic N) is 1. The van der Waals surface area contributed by atoms with Crippen LogP contribution in [0.2, 0.25) is 0 Å². The van der Waals surface area contributed by atoms with E-state index in [9.17, 15) is 9.59 Å². The Kier molecular flexibility index (Phi) is 5.37. The minimum absolute atomic E-state index is 0.108. The lowest BCUT2D eigenvalue weighted by Gasteiger charge is -2.26. The zero-order chi connectivity index (χ0) is 14.4. The molecule has 2 fully saturated rings. The van der Waals surface area contributed by atoms with Crippen LogP contribution in [0.4, 0.5) is 0 Å². The summed E-state index contributed by atoms with van der Waals surface area (Å²) in [5.41, 5.74) is -0.778. The fourth-order valence-electron chi connectivity index (χ4n) is 2.41. The summed E-state index contributed by atoms with van der Waals surface area (Å²) in [4.78, 5) is 26.4. The molecule has 114 valence electrons. The summed E-state index contributed by atoms with van der Waals surface area (Å²) in [5, 5.41) is 5.74. The predicted molar refractivity (Wildman–Crippen MR) is 75.2 cm³/mol. The molecular weight excluding hydrogens is 258 g/mol. The molecule has 6 nitrogen and oxygen atoms in total. The first-order valence-electron chi connectivity index (χ1n) is 7.56. The van der Waals surface area contributed by atoms with Gasteiger partial charge in [-0.05, 0) is 19.3 Å². The summed E-state index contributed by atoms with van der Waals surface area (Å²) in [5.74, 6) is -0.220. The minimum atomic E-state index is -0.778. The molecule has 0 radical (unpaired) electrons. The van der Waals surface area contributed by atoms with Crippen molar-refractivity contribution in [2.75, 3.05) is 45.9 Å². The van der Waals surface area contributed by atoms with Crippen molar-refractivity contribution in [3.8, 4) is 0 Å². The average molecular weight is 283 g/mol. The van der Waals surface area contributed by atoms with Crippen LogP contribution in [0.3, 0.4) is 0 Å². The second-order valence-corrected chi connectivity index (χ2v) is 5.55. The van der Waals surface area contributed by atoms with Crippen molar-refractivity contribution in [3.05, 3.63) is 0 Å². The highest BCUT2D eigenvalue weighted by Crippen LogP contribution is 2.46. The summed E-state index contributed by atoms with van der Waals surface area (Å²) in [6.07, 6.45) is 2.23. The quantitative estimate of drug-likeness (QED) is 0.632. The van der Waals surface area contributed by atoms with Gasteiger partial charge in [0.25, 0.3) is 0 Å². The Morgan fingerprint density at radius 3 is 2.25 bits per heavy atom. The van der Waals surface area contributed by atoms with Crippen LogP contribution in [0.25, 0.3) is 0 Å². The number of ether oxygens (including phenoxy) is 1. The van der Waals surface area contributed by atoms with Gasteiger partial charge in [0.1, 0.15) is 5.41 Å². The molecule has 0 unspecified atom stereocenters. The van der Waals surface area contributed by atoms with Crippen LogP contribution >= 0.6 is 0 Å². The van der Waals surface area contributed by atoms with Gasteiger partial charge in [-0.2, -0.15) is 0 Å². The maximum Gasteiger partial charge on any atom is 0.235 e. The number of hydrogen-bond acceptors (Lipinski definition) is 4. The lowest BCUT2D eigenvalue weighted by Crippen LogP contribution is -2.46. The van der Waals surface area contributed by atoms with Crippen LogP contribution < -0.4 is 10.6 Å². The molecule has 6 heteroatoms. The summed E-state index contributed by atoms with van der Waals surface area (Å²) < 4.78 is 5.28. The molecular formula is C14H25N3O3. The van der Waals surface area contributed by atoms with Crippen LogP contribution in [0, 0.1) is 5.41 Å². The molecule has 0 spiro atoms.